The Labute approximate surface area is 169 Å². The fraction of sp³-hybridized carbons (Fsp3) is 0.591. The minimum Gasteiger partial charge on any atom is -0.478 e. The third-order valence-corrected chi connectivity index (χ3v) is 5.01. The second-order valence-electron chi connectivity index (χ2n) is 8.71. The van der Waals surface area contributed by atoms with Gasteiger partial charge >= 0.3 is 5.97 Å². The summed E-state index contributed by atoms with van der Waals surface area (Å²) in [6.45, 7) is 10.5. The van der Waals surface area contributed by atoms with Crippen LogP contribution in [0.5, 0.6) is 0 Å². The molecule has 28 heavy (non-hydrogen) atoms. The molecule has 1 rings (SSSR count). The van der Waals surface area contributed by atoms with Crippen molar-refractivity contribution in [2.45, 2.75) is 59.5 Å². The Morgan fingerprint density at radius 2 is 1.61 bits per heavy atom. The van der Waals surface area contributed by atoms with Gasteiger partial charge in [-0.25, -0.2) is 4.79 Å². The van der Waals surface area contributed by atoms with Gasteiger partial charge in [-0.2, -0.15) is 0 Å². The van der Waals surface area contributed by atoms with Crippen LogP contribution >= 0.6 is 0 Å². The maximum absolute atomic E-state index is 13.2. The van der Waals surface area contributed by atoms with E-state index < -0.39 is 5.97 Å². The highest BCUT2D eigenvalue weighted by Gasteiger charge is 2.29. The van der Waals surface area contributed by atoms with Crippen LogP contribution in [0.25, 0.3) is 0 Å². The van der Waals surface area contributed by atoms with E-state index in [2.05, 4.69) is 25.8 Å². The molecule has 0 radical (unpaired) electrons. The Hall–Kier alpha value is -2.37. The predicted octanol–water partition coefficient (Wildman–Crippen LogP) is 4.08. The van der Waals surface area contributed by atoms with Crippen molar-refractivity contribution in [3.8, 4) is 0 Å². The van der Waals surface area contributed by atoms with E-state index in [9.17, 15) is 9.59 Å². The van der Waals surface area contributed by atoms with E-state index in [1.807, 2.05) is 25.8 Å². The van der Waals surface area contributed by atoms with Crippen molar-refractivity contribution in [1.82, 2.24) is 9.80 Å². The predicted molar refractivity (Wildman–Crippen MR) is 114 cm³/mol. The molecule has 0 aliphatic rings. The number of amides is 1. The topological polar surface area (TPSA) is 73.2 Å². The number of likely N-dealkylation sites (N-methyl/N-ethyl adjacent to an activating group) is 2. The molecule has 1 atom stereocenters. The number of aliphatic imine (C=N–C) groups is 1. The summed E-state index contributed by atoms with van der Waals surface area (Å²) in [5.74, 6) is -0.679. The third kappa shape index (κ3) is 6.36. The van der Waals surface area contributed by atoms with Crippen molar-refractivity contribution in [3.63, 3.8) is 0 Å². The van der Waals surface area contributed by atoms with E-state index >= 15 is 0 Å². The van der Waals surface area contributed by atoms with Gasteiger partial charge in [0.15, 0.2) is 5.84 Å². The Balaban J connectivity index is 3.22. The summed E-state index contributed by atoms with van der Waals surface area (Å²) in [5, 5.41) is 9.15. The Morgan fingerprint density at radius 1 is 1.07 bits per heavy atom. The van der Waals surface area contributed by atoms with Crippen LogP contribution in [-0.4, -0.2) is 59.8 Å². The van der Waals surface area contributed by atoms with Crippen LogP contribution in [-0.2, 0) is 4.79 Å². The number of nitrogens with zero attached hydrogens (tertiary/aromatic N) is 3. The molecule has 0 heterocycles. The molecule has 0 aliphatic carbocycles. The fourth-order valence-electron chi connectivity index (χ4n) is 2.95. The van der Waals surface area contributed by atoms with E-state index in [1.54, 1.807) is 43.3 Å². The number of carbonyl (C=O) groups is 2. The standard InChI is InChI=1S/C22H35N3O3/c1-15(2)24(7)19(23-6)20(26)25(8)18(13-14-22(3,4)5)16-9-11-17(12-10-16)21(27)28/h9-12,15,18H,13-14H2,1-8H3,(H,27,28)/t18-/m1/s1. The summed E-state index contributed by atoms with van der Waals surface area (Å²) in [7, 11) is 5.29. The van der Waals surface area contributed by atoms with E-state index in [1.165, 1.54) is 0 Å². The largest absolute Gasteiger partial charge is 0.478 e. The molecule has 0 saturated carbocycles. The van der Waals surface area contributed by atoms with Gasteiger partial charge in [0, 0.05) is 27.2 Å². The Kier molecular flexibility index (Phi) is 8.21. The first-order chi connectivity index (χ1) is 12.9. The lowest BCUT2D eigenvalue weighted by Crippen LogP contribution is -2.46. The number of aromatic carboxylic acids is 1. The highest BCUT2D eigenvalue weighted by molar-refractivity contribution is 6.37. The first-order valence-corrected chi connectivity index (χ1v) is 9.69. The average Bonchev–Trinajstić information content (AvgIpc) is 2.61. The summed E-state index contributed by atoms with van der Waals surface area (Å²) < 4.78 is 0. The van der Waals surface area contributed by atoms with E-state index in [4.69, 9.17) is 5.11 Å². The van der Waals surface area contributed by atoms with Crippen LogP contribution in [0.1, 0.15) is 69.4 Å². The molecule has 0 aliphatic heterocycles. The highest BCUT2D eigenvalue weighted by Crippen LogP contribution is 2.31. The summed E-state index contributed by atoms with van der Waals surface area (Å²) in [4.78, 5) is 32.2. The molecule has 1 amide bonds. The van der Waals surface area contributed by atoms with Gasteiger partial charge in [0.25, 0.3) is 5.91 Å². The Morgan fingerprint density at radius 3 is 2.00 bits per heavy atom. The molecule has 1 aromatic rings. The summed E-state index contributed by atoms with van der Waals surface area (Å²) in [6, 6.07) is 6.78. The van der Waals surface area contributed by atoms with Crippen molar-refractivity contribution in [2.24, 2.45) is 10.4 Å². The zero-order valence-corrected chi connectivity index (χ0v) is 18.5. The number of amidine groups is 1. The summed E-state index contributed by atoms with van der Waals surface area (Å²) in [6.07, 6.45) is 1.70. The van der Waals surface area contributed by atoms with Crippen LogP contribution in [0, 0.1) is 5.41 Å². The van der Waals surface area contributed by atoms with Crippen molar-refractivity contribution in [1.29, 1.82) is 0 Å². The van der Waals surface area contributed by atoms with E-state index in [-0.39, 0.29) is 29.0 Å². The molecule has 156 valence electrons. The number of carbonyl (C=O) groups excluding carboxylic acids is 1. The lowest BCUT2D eigenvalue weighted by atomic mass is 9.86. The smallest absolute Gasteiger partial charge is 0.335 e. The monoisotopic (exact) mass is 389 g/mol. The zero-order valence-electron chi connectivity index (χ0n) is 18.5. The molecule has 1 N–H and O–H groups in total. The normalized spacial score (nSPS) is 13.4. The van der Waals surface area contributed by atoms with Gasteiger partial charge < -0.3 is 14.9 Å². The maximum Gasteiger partial charge on any atom is 0.335 e. The van der Waals surface area contributed by atoms with Gasteiger partial charge in [-0.15, -0.1) is 0 Å². The number of hydrogen-bond donors (Lipinski definition) is 1. The summed E-state index contributed by atoms with van der Waals surface area (Å²) >= 11 is 0. The molecule has 0 fully saturated rings. The van der Waals surface area contributed by atoms with E-state index in [0.29, 0.717) is 5.84 Å². The van der Waals surface area contributed by atoms with Gasteiger partial charge in [0.05, 0.1) is 11.6 Å². The van der Waals surface area contributed by atoms with Gasteiger partial charge in [-0.05, 0) is 49.8 Å². The Bertz CT molecular complexity index is 703. The molecular formula is C22H35N3O3. The fourth-order valence-corrected chi connectivity index (χ4v) is 2.95. The van der Waals surface area contributed by atoms with Crippen LogP contribution in [0.15, 0.2) is 29.3 Å². The minimum absolute atomic E-state index is 0.125. The number of rotatable bonds is 6. The van der Waals surface area contributed by atoms with Gasteiger partial charge in [-0.3, -0.25) is 9.79 Å². The van der Waals surface area contributed by atoms with E-state index in [0.717, 1.165) is 18.4 Å². The second kappa shape index (κ2) is 9.71. The lowest BCUT2D eigenvalue weighted by molar-refractivity contribution is -0.126. The molecule has 1 aromatic carbocycles. The summed E-state index contributed by atoms with van der Waals surface area (Å²) in [5.41, 5.74) is 1.29. The first kappa shape index (κ1) is 23.7. The molecular weight excluding hydrogens is 354 g/mol. The number of benzene rings is 1. The van der Waals surface area contributed by atoms with Gasteiger partial charge in [0.1, 0.15) is 0 Å². The van der Waals surface area contributed by atoms with Crippen molar-refractivity contribution in [3.05, 3.63) is 35.4 Å². The molecule has 0 saturated heterocycles. The SMILES string of the molecule is CN=C(C(=O)N(C)[C@H](CCC(C)(C)C)c1ccc(C(=O)O)cc1)N(C)C(C)C. The molecule has 0 bridgehead atoms. The molecule has 6 heteroatoms. The van der Waals surface area contributed by atoms with Crippen molar-refractivity contribution < 1.29 is 14.7 Å². The van der Waals surface area contributed by atoms with Gasteiger partial charge in [0.2, 0.25) is 0 Å². The molecule has 0 spiro atoms. The highest BCUT2D eigenvalue weighted by atomic mass is 16.4. The molecule has 6 nitrogen and oxygen atoms in total. The third-order valence-electron chi connectivity index (χ3n) is 5.01. The van der Waals surface area contributed by atoms with Crippen LogP contribution in [0.4, 0.5) is 0 Å². The van der Waals surface area contributed by atoms with Crippen LogP contribution < -0.4 is 0 Å². The van der Waals surface area contributed by atoms with Crippen molar-refractivity contribution in [2.75, 3.05) is 21.1 Å². The second-order valence-corrected chi connectivity index (χ2v) is 8.71. The van der Waals surface area contributed by atoms with Crippen molar-refractivity contribution >= 4 is 17.7 Å². The van der Waals surface area contributed by atoms with Gasteiger partial charge in [-0.1, -0.05) is 32.9 Å². The van der Waals surface area contributed by atoms with Crippen LogP contribution in [0.3, 0.4) is 0 Å². The number of hydrogen-bond acceptors (Lipinski definition) is 3. The molecule has 0 unspecified atom stereocenters. The zero-order chi connectivity index (χ0) is 21.6. The maximum atomic E-state index is 13.2. The first-order valence-electron chi connectivity index (χ1n) is 9.69. The number of carboxylic acids is 1. The minimum atomic E-state index is -0.957. The number of carboxylic acid groups (broad SMARTS) is 1. The average molecular weight is 390 g/mol. The molecule has 0 aromatic heterocycles. The lowest BCUT2D eigenvalue weighted by Gasteiger charge is -2.34. The van der Waals surface area contributed by atoms with Crippen LogP contribution in [0.2, 0.25) is 0 Å². The quantitative estimate of drug-likeness (QED) is 0.588.